The van der Waals surface area contributed by atoms with E-state index in [1.165, 1.54) is 4.90 Å². The Morgan fingerprint density at radius 2 is 1.24 bits per heavy atom. The third-order valence-corrected chi connectivity index (χ3v) is 7.57. The van der Waals surface area contributed by atoms with Crippen molar-refractivity contribution in [3.8, 4) is 0 Å². The topological polar surface area (TPSA) is 74.3 Å². The number of fused-ring (bicyclic) bond motifs is 1. The number of hydrogen-bond acceptors (Lipinski definition) is 6. The van der Waals surface area contributed by atoms with E-state index in [4.69, 9.17) is 18.9 Å². The molecule has 2 aliphatic heterocycles. The average Bonchev–Trinajstić information content (AvgIpc) is 3.48. The van der Waals surface area contributed by atoms with E-state index in [1.807, 2.05) is 104 Å². The fraction of sp³-hybridized carbons (Fsp3) is 0.257. The zero-order chi connectivity index (χ0) is 28.9. The van der Waals surface area contributed by atoms with Gasteiger partial charge in [-0.25, -0.2) is 0 Å². The zero-order valence-electron chi connectivity index (χ0n) is 23.4. The zero-order valence-corrected chi connectivity index (χ0v) is 23.4. The lowest BCUT2D eigenvalue weighted by molar-refractivity contribution is -0.119. The molecule has 214 valence electrons. The Balaban J connectivity index is 1.31. The third-order valence-electron chi connectivity index (χ3n) is 7.57. The van der Waals surface area contributed by atoms with Crippen molar-refractivity contribution in [2.75, 3.05) is 11.5 Å². The average molecular weight is 564 g/mol. The van der Waals surface area contributed by atoms with E-state index in [1.54, 1.807) is 12.1 Å². The Bertz CT molecular complexity index is 1510. The molecule has 0 bridgehead atoms. The monoisotopic (exact) mass is 563 g/mol. The summed E-state index contributed by atoms with van der Waals surface area (Å²) in [4.78, 5) is 27.9. The summed E-state index contributed by atoms with van der Waals surface area (Å²) in [7, 11) is 0. The summed E-state index contributed by atoms with van der Waals surface area (Å²) in [5.41, 5.74) is 4.80. The number of rotatable bonds is 11. The summed E-state index contributed by atoms with van der Waals surface area (Å²) in [6.45, 7) is 3.12. The number of amides is 1. The van der Waals surface area contributed by atoms with Crippen molar-refractivity contribution in [1.82, 2.24) is 0 Å². The number of nitrogens with zero attached hydrogens (tertiary/aromatic N) is 1. The molecule has 0 aliphatic carbocycles. The van der Waals surface area contributed by atoms with E-state index in [2.05, 4.69) is 0 Å². The van der Waals surface area contributed by atoms with Gasteiger partial charge in [-0.15, -0.1) is 0 Å². The maximum atomic E-state index is 13.4. The fourth-order valence-electron chi connectivity index (χ4n) is 5.46. The minimum Gasteiger partial charge on any atom is -0.374 e. The van der Waals surface area contributed by atoms with Gasteiger partial charge >= 0.3 is 5.91 Å². The van der Waals surface area contributed by atoms with E-state index in [0.717, 1.165) is 22.3 Å². The number of benzene rings is 4. The first-order valence-electron chi connectivity index (χ1n) is 14.2. The first-order valence-corrected chi connectivity index (χ1v) is 14.2. The fourth-order valence-corrected chi connectivity index (χ4v) is 5.46. The Labute approximate surface area is 245 Å². The number of carbonyl (C=O) groups is 2. The van der Waals surface area contributed by atoms with Gasteiger partial charge in [0.15, 0.2) is 6.23 Å². The van der Waals surface area contributed by atoms with Crippen molar-refractivity contribution >= 4 is 17.4 Å². The highest BCUT2D eigenvalue weighted by Crippen LogP contribution is 2.38. The Hall–Kier alpha value is -4.14. The van der Waals surface area contributed by atoms with Gasteiger partial charge in [0.05, 0.1) is 37.7 Å². The molecule has 1 fully saturated rings. The van der Waals surface area contributed by atoms with Crippen LogP contribution in [-0.4, -0.2) is 42.8 Å². The molecule has 0 spiro atoms. The molecule has 0 unspecified atom stereocenters. The number of hydrogen-bond donors (Lipinski definition) is 0. The van der Waals surface area contributed by atoms with Crippen LogP contribution in [-0.2, 0) is 43.6 Å². The minimum atomic E-state index is -0.889. The number of anilines is 1. The summed E-state index contributed by atoms with van der Waals surface area (Å²) in [5, 5.41) is 0. The van der Waals surface area contributed by atoms with E-state index in [0.29, 0.717) is 24.5 Å². The second-order valence-corrected chi connectivity index (χ2v) is 10.6. The first-order chi connectivity index (χ1) is 20.6. The largest absolute Gasteiger partial charge is 0.374 e. The van der Waals surface area contributed by atoms with Crippen LogP contribution in [0.3, 0.4) is 0 Å². The van der Waals surface area contributed by atoms with E-state index in [9.17, 15) is 9.59 Å². The Morgan fingerprint density at radius 1 is 0.690 bits per heavy atom. The van der Waals surface area contributed by atoms with Crippen molar-refractivity contribution in [3.63, 3.8) is 0 Å². The first kappa shape index (κ1) is 28.0. The second kappa shape index (κ2) is 12.8. The predicted octanol–water partition coefficient (Wildman–Crippen LogP) is 5.64. The van der Waals surface area contributed by atoms with Crippen molar-refractivity contribution in [1.29, 1.82) is 0 Å². The molecule has 0 saturated carbocycles. The molecule has 6 rings (SSSR count). The maximum Gasteiger partial charge on any atom is 0.301 e. The van der Waals surface area contributed by atoms with Gasteiger partial charge in [-0.05, 0) is 35.7 Å². The number of Topliss-reactive ketones (excluding diaryl/α,β-unsaturated/α-hetero) is 1. The lowest BCUT2D eigenvalue weighted by Gasteiger charge is -2.30. The highest BCUT2D eigenvalue weighted by molar-refractivity contribution is 6.52. The number of carbonyl (C=O) groups excluding carboxylic acids is 2. The Kier molecular flexibility index (Phi) is 8.53. The van der Waals surface area contributed by atoms with Crippen molar-refractivity contribution in [2.24, 2.45) is 0 Å². The third kappa shape index (κ3) is 6.05. The van der Waals surface area contributed by atoms with Crippen LogP contribution < -0.4 is 4.90 Å². The summed E-state index contributed by atoms with van der Waals surface area (Å²) >= 11 is 0. The van der Waals surface area contributed by atoms with Crippen LogP contribution in [0.5, 0.6) is 0 Å². The molecule has 2 aliphatic rings. The summed E-state index contributed by atoms with van der Waals surface area (Å²) < 4.78 is 25.7. The molecule has 7 heteroatoms. The van der Waals surface area contributed by atoms with E-state index < -0.39 is 36.2 Å². The van der Waals surface area contributed by atoms with Crippen LogP contribution in [0.1, 0.15) is 32.6 Å². The van der Waals surface area contributed by atoms with Gasteiger partial charge in [-0.3, -0.25) is 14.5 Å². The molecular weight excluding hydrogens is 530 g/mol. The van der Waals surface area contributed by atoms with Crippen LogP contribution in [0.15, 0.2) is 109 Å². The van der Waals surface area contributed by atoms with Crippen LogP contribution in [0, 0.1) is 6.92 Å². The van der Waals surface area contributed by atoms with Crippen LogP contribution in [0.25, 0.3) is 0 Å². The Morgan fingerprint density at radius 3 is 1.83 bits per heavy atom. The predicted molar refractivity (Wildman–Crippen MR) is 158 cm³/mol. The van der Waals surface area contributed by atoms with Crippen LogP contribution in [0.4, 0.5) is 5.69 Å². The minimum absolute atomic E-state index is 0.215. The molecule has 4 aromatic rings. The van der Waals surface area contributed by atoms with E-state index in [-0.39, 0.29) is 13.2 Å². The summed E-state index contributed by atoms with van der Waals surface area (Å²) in [5.74, 6) is -1.19. The smallest absolute Gasteiger partial charge is 0.301 e. The molecule has 0 aromatic heterocycles. The van der Waals surface area contributed by atoms with Crippen molar-refractivity contribution < 1.29 is 28.5 Å². The van der Waals surface area contributed by atoms with E-state index >= 15 is 0 Å². The number of ether oxygens (including phenoxy) is 4. The van der Waals surface area contributed by atoms with Gasteiger partial charge < -0.3 is 18.9 Å². The number of aryl methyl sites for hydroxylation is 1. The lowest BCUT2D eigenvalue weighted by atomic mass is 10.1. The molecule has 0 radical (unpaired) electrons. The molecule has 42 heavy (non-hydrogen) atoms. The quantitative estimate of drug-likeness (QED) is 0.220. The molecule has 2 heterocycles. The van der Waals surface area contributed by atoms with Crippen LogP contribution in [0.2, 0.25) is 0 Å². The van der Waals surface area contributed by atoms with Gasteiger partial charge in [0, 0.05) is 0 Å². The maximum absolute atomic E-state index is 13.4. The summed E-state index contributed by atoms with van der Waals surface area (Å²) in [6, 6.07) is 35.0. The lowest BCUT2D eigenvalue weighted by Crippen LogP contribution is -2.48. The van der Waals surface area contributed by atoms with Gasteiger partial charge in [0.25, 0.3) is 5.78 Å². The van der Waals surface area contributed by atoms with Crippen molar-refractivity contribution in [2.45, 2.75) is 51.3 Å². The van der Waals surface area contributed by atoms with Gasteiger partial charge in [-0.1, -0.05) is 103 Å². The standard InChI is InChI=1S/C35H33NO6/c1-24-17-18-29-28(19-24)31(37)34(38)36(29)35-33(41-22-27-15-9-4-10-16-27)32(40-21-26-13-7-3-8-14-26)30(42-35)23-39-20-25-11-5-2-6-12-25/h2-19,30,32-33,35H,20-23H2,1H3/t30-,32-,33-,35-/m1/s1. The molecule has 1 amide bonds. The van der Waals surface area contributed by atoms with Crippen LogP contribution >= 0.6 is 0 Å². The summed E-state index contributed by atoms with van der Waals surface area (Å²) in [6.07, 6.45) is -2.71. The molecule has 4 aromatic carbocycles. The normalized spacial score (nSPS) is 21.6. The molecular formula is C35H33NO6. The van der Waals surface area contributed by atoms with Gasteiger partial charge in [0.1, 0.15) is 18.3 Å². The molecule has 7 nitrogen and oxygen atoms in total. The molecule has 1 saturated heterocycles. The molecule has 4 atom stereocenters. The highest BCUT2D eigenvalue weighted by Gasteiger charge is 2.53. The second-order valence-electron chi connectivity index (χ2n) is 10.6. The SMILES string of the molecule is Cc1ccc2c(c1)C(=O)C(=O)N2[C@@H]1O[C@H](COCc2ccccc2)[C@@H](OCc2ccccc2)[C@H]1OCc1ccccc1. The van der Waals surface area contributed by atoms with Gasteiger partial charge in [-0.2, -0.15) is 0 Å². The number of ketones is 1. The highest BCUT2D eigenvalue weighted by atomic mass is 16.6. The van der Waals surface area contributed by atoms with Gasteiger partial charge in [0.2, 0.25) is 0 Å². The molecule has 0 N–H and O–H groups in total. The van der Waals surface area contributed by atoms with Crippen molar-refractivity contribution in [3.05, 3.63) is 137 Å².